The molecule has 0 amide bonds. The van der Waals surface area contributed by atoms with Crippen molar-refractivity contribution in [1.82, 2.24) is 0 Å². The van der Waals surface area contributed by atoms with E-state index in [1.165, 1.54) is 6.07 Å². The molecule has 15 heavy (non-hydrogen) atoms. The summed E-state index contributed by atoms with van der Waals surface area (Å²) in [4.78, 5) is 10.8. The largest absolute Gasteiger partial charge is 0.487 e. The minimum Gasteiger partial charge on any atom is -0.487 e. The van der Waals surface area contributed by atoms with Gasteiger partial charge < -0.3 is 14.6 Å². The quantitative estimate of drug-likeness (QED) is 0.805. The smallest absolute Gasteiger partial charge is 0.339 e. The topological polar surface area (TPSA) is 55.8 Å². The van der Waals surface area contributed by atoms with Crippen LogP contribution in [0.3, 0.4) is 0 Å². The van der Waals surface area contributed by atoms with Crippen LogP contribution < -0.4 is 4.74 Å². The molecule has 1 rings (SSSR count). The third-order valence-corrected chi connectivity index (χ3v) is 1.85. The first-order chi connectivity index (χ1) is 7.15. The van der Waals surface area contributed by atoms with Crippen LogP contribution in [-0.4, -0.2) is 30.9 Å². The molecule has 1 N–H and O–H groups in total. The van der Waals surface area contributed by atoms with Gasteiger partial charge in [-0.05, 0) is 19.1 Å². The summed E-state index contributed by atoms with van der Waals surface area (Å²) >= 11 is 0. The first kappa shape index (κ1) is 11.5. The van der Waals surface area contributed by atoms with E-state index in [9.17, 15) is 4.79 Å². The molecule has 0 aliphatic heterocycles. The molecule has 0 spiro atoms. The molecule has 0 radical (unpaired) electrons. The number of aromatic carboxylic acids is 1. The number of benzene rings is 1. The Kier molecular flexibility index (Phi) is 4.12. The molecule has 0 aliphatic rings. The first-order valence-corrected chi connectivity index (χ1v) is 4.63. The van der Waals surface area contributed by atoms with Gasteiger partial charge in [0.25, 0.3) is 0 Å². The fourth-order valence-electron chi connectivity index (χ4n) is 1.23. The summed E-state index contributed by atoms with van der Waals surface area (Å²) in [5.74, 6) is -0.621. The van der Waals surface area contributed by atoms with Crippen molar-refractivity contribution in [2.24, 2.45) is 0 Å². The summed E-state index contributed by atoms with van der Waals surface area (Å²) < 4.78 is 10.3. The zero-order valence-electron chi connectivity index (χ0n) is 8.77. The molecule has 0 saturated carbocycles. The lowest BCUT2D eigenvalue weighted by molar-refractivity contribution is 0.0674. The molecule has 4 nitrogen and oxygen atoms in total. The van der Waals surface area contributed by atoms with E-state index < -0.39 is 5.97 Å². The number of carbonyl (C=O) groups is 1. The van der Waals surface area contributed by atoms with Crippen molar-refractivity contribution >= 4 is 5.97 Å². The number of para-hydroxylation sites is 1. The number of carboxylic acids is 1. The number of carboxylic acid groups (broad SMARTS) is 1. The van der Waals surface area contributed by atoms with Crippen molar-refractivity contribution in [2.45, 2.75) is 13.0 Å². The lowest BCUT2D eigenvalue weighted by Gasteiger charge is -2.15. The van der Waals surface area contributed by atoms with Crippen molar-refractivity contribution in [3.05, 3.63) is 29.8 Å². The molecular weight excluding hydrogens is 196 g/mol. The molecule has 1 atom stereocenters. The third kappa shape index (κ3) is 3.25. The Bertz CT molecular complexity index is 335. The van der Waals surface area contributed by atoms with Gasteiger partial charge in [0.2, 0.25) is 0 Å². The number of hydrogen-bond donors (Lipinski definition) is 1. The Labute approximate surface area is 88.4 Å². The van der Waals surface area contributed by atoms with Crippen molar-refractivity contribution < 1.29 is 19.4 Å². The predicted octanol–water partition coefficient (Wildman–Crippen LogP) is 1.80. The van der Waals surface area contributed by atoms with Gasteiger partial charge in [0.15, 0.2) is 0 Å². The number of methoxy groups -OCH3 is 1. The van der Waals surface area contributed by atoms with E-state index in [4.69, 9.17) is 14.6 Å². The SMILES string of the molecule is COC[C@H](C)Oc1ccccc1C(=O)O. The number of hydrogen-bond acceptors (Lipinski definition) is 3. The molecule has 0 aromatic heterocycles. The molecule has 0 aliphatic carbocycles. The van der Waals surface area contributed by atoms with Crippen LogP contribution in [0.4, 0.5) is 0 Å². The lowest BCUT2D eigenvalue weighted by atomic mass is 10.2. The number of rotatable bonds is 5. The summed E-state index contributed by atoms with van der Waals surface area (Å²) in [6, 6.07) is 6.55. The van der Waals surface area contributed by atoms with Crippen molar-refractivity contribution in [2.75, 3.05) is 13.7 Å². The van der Waals surface area contributed by atoms with Crippen LogP contribution in [0.2, 0.25) is 0 Å². The molecule has 1 aromatic carbocycles. The maximum atomic E-state index is 10.8. The highest BCUT2D eigenvalue weighted by atomic mass is 16.5. The summed E-state index contributed by atoms with van der Waals surface area (Å²) in [5, 5.41) is 8.90. The maximum absolute atomic E-state index is 10.8. The van der Waals surface area contributed by atoms with Gasteiger partial charge in [0, 0.05) is 7.11 Å². The maximum Gasteiger partial charge on any atom is 0.339 e. The second-order valence-electron chi connectivity index (χ2n) is 3.19. The second-order valence-corrected chi connectivity index (χ2v) is 3.19. The summed E-state index contributed by atoms with van der Waals surface area (Å²) in [5.41, 5.74) is 0.167. The van der Waals surface area contributed by atoms with Crippen LogP contribution in [0.15, 0.2) is 24.3 Å². The molecule has 0 unspecified atom stereocenters. The van der Waals surface area contributed by atoms with Gasteiger partial charge in [-0.25, -0.2) is 4.79 Å². The number of ether oxygens (including phenoxy) is 2. The zero-order valence-corrected chi connectivity index (χ0v) is 8.77. The van der Waals surface area contributed by atoms with Crippen LogP contribution in [0.1, 0.15) is 17.3 Å². The summed E-state index contributed by atoms with van der Waals surface area (Å²) in [6.07, 6.45) is -0.171. The predicted molar refractivity (Wildman–Crippen MR) is 55.4 cm³/mol. The summed E-state index contributed by atoms with van der Waals surface area (Å²) in [6.45, 7) is 2.25. The van der Waals surface area contributed by atoms with Crippen LogP contribution in [0.25, 0.3) is 0 Å². The average Bonchev–Trinajstić information content (AvgIpc) is 2.18. The second kappa shape index (κ2) is 5.36. The van der Waals surface area contributed by atoms with E-state index in [1.54, 1.807) is 25.3 Å². The molecular formula is C11H14O4. The highest BCUT2D eigenvalue weighted by molar-refractivity contribution is 5.90. The highest BCUT2D eigenvalue weighted by Gasteiger charge is 2.12. The molecule has 0 bridgehead atoms. The van der Waals surface area contributed by atoms with E-state index in [0.29, 0.717) is 12.4 Å². The standard InChI is InChI=1S/C11H14O4/c1-8(7-14-2)15-10-6-4-3-5-9(10)11(12)13/h3-6,8H,7H2,1-2H3,(H,12,13)/t8-/m0/s1. The Balaban J connectivity index is 2.79. The minimum absolute atomic E-state index is 0.167. The van der Waals surface area contributed by atoms with Crippen LogP contribution in [0, 0.1) is 0 Å². The van der Waals surface area contributed by atoms with E-state index in [2.05, 4.69) is 0 Å². The van der Waals surface area contributed by atoms with Crippen LogP contribution in [-0.2, 0) is 4.74 Å². The van der Waals surface area contributed by atoms with E-state index >= 15 is 0 Å². The van der Waals surface area contributed by atoms with Crippen molar-refractivity contribution in [3.8, 4) is 5.75 Å². The van der Waals surface area contributed by atoms with Gasteiger partial charge in [0.05, 0.1) is 6.61 Å². The van der Waals surface area contributed by atoms with E-state index in [1.807, 2.05) is 6.92 Å². The Morgan fingerprint density at radius 2 is 2.13 bits per heavy atom. The molecule has 0 heterocycles. The first-order valence-electron chi connectivity index (χ1n) is 4.63. The Hall–Kier alpha value is -1.55. The van der Waals surface area contributed by atoms with Crippen molar-refractivity contribution in [3.63, 3.8) is 0 Å². The average molecular weight is 210 g/mol. The molecule has 82 valence electrons. The normalized spacial score (nSPS) is 12.1. The van der Waals surface area contributed by atoms with Crippen LogP contribution >= 0.6 is 0 Å². The van der Waals surface area contributed by atoms with E-state index in [0.717, 1.165) is 0 Å². The lowest BCUT2D eigenvalue weighted by Crippen LogP contribution is -2.19. The monoisotopic (exact) mass is 210 g/mol. The van der Waals surface area contributed by atoms with Gasteiger partial charge in [-0.15, -0.1) is 0 Å². The van der Waals surface area contributed by atoms with Crippen molar-refractivity contribution in [1.29, 1.82) is 0 Å². The Morgan fingerprint density at radius 3 is 2.73 bits per heavy atom. The van der Waals surface area contributed by atoms with Gasteiger partial charge in [-0.1, -0.05) is 12.1 Å². The van der Waals surface area contributed by atoms with Crippen LogP contribution in [0.5, 0.6) is 5.75 Å². The molecule has 4 heteroatoms. The highest BCUT2D eigenvalue weighted by Crippen LogP contribution is 2.19. The molecule has 0 fully saturated rings. The summed E-state index contributed by atoms with van der Waals surface area (Å²) in [7, 11) is 1.57. The molecule has 0 saturated heterocycles. The van der Waals surface area contributed by atoms with E-state index in [-0.39, 0.29) is 11.7 Å². The van der Waals surface area contributed by atoms with Gasteiger partial charge >= 0.3 is 5.97 Å². The minimum atomic E-state index is -0.991. The fraction of sp³-hybridized carbons (Fsp3) is 0.364. The third-order valence-electron chi connectivity index (χ3n) is 1.85. The fourth-order valence-corrected chi connectivity index (χ4v) is 1.23. The molecule has 1 aromatic rings. The van der Waals surface area contributed by atoms with Gasteiger partial charge in [0.1, 0.15) is 17.4 Å². The Morgan fingerprint density at radius 1 is 1.47 bits per heavy atom. The van der Waals surface area contributed by atoms with Gasteiger partial charge in [-0.2, -0.15) is 0 Å². The zero-order chi connectivity index (χ0) is 11.3. The van der Waals surface area contributed by atoms with Gasteiger partial charge in [-0.3, -0.25) is 0 Å².